The van der Waals surface area contributed by atoms with Gasteiger partial charge in [0.25, 0.3) is 0 Å². The van der Waals surface area contributed by atoms with Gasteiger partial charge in [-0.3, -0.25) is 0 Å². The van der Waals surface area contributed by atoms with E-state index in [0.29, 0.717) is 0 Å². The van der Waals surface area contributed by atoms with Crippen LogP contribution in [-0.2, 0) is 0 Å². The average molecular weight is 195 g/mol. The summed E-state index contributed by atoms with van der Waals surface area (Å²) < 4.78 is 0. The lowest BCUT2D eigenvalue weighted by atomic mass is 10.1. The van der Waals surface area contributed by atoms with Gasteiger partial charge in [0.05, 0.1) is 0 Å². The van der Waals surface area contributed by atoms with Gasteiger partial charge in [-0.2, -0.15) is 0 Å². The van der Waals surface area contributed by atoms with Crippen LogP contribution in [0.15, 0.2) is 42.6 Å². The number of hydrogen-bond acceptors (Lipinski definition) is 2. The van der Waals surface area contributed by atoms with Crippen molar-refractivity contribution in [3.05, 3.63) is 48.2 Å². The first-order valence-electron chi connectivity index (χ1n) is 3.86. The van der Waals surface area contributed by atoms with Crippen molar-refractivity contribution in [3.63, 3.8) is 0 Å². The van der Waals surface area contributed by atoms with Crippen molar-refractivity contribution in [2.75, 3.05) is 5.32 Å². The van der Waals surface area contributed by atoms with E-state index in [1.165, 1.54) is 0 Å². The fourth-order valence-corrected chi connectivity index (χ4v) is 1.24. The summed E-state index contributed by atoms with van der Waals surface area (Å²) in [7, 11) is 0. The SMILES string of the molecule is Cl.NC1=CC=CNc2ccccc21. The van der Waals surface area contributed by atoms with Crippen molar-refractivity contribution in [3.8, 4) is 0 Å². The molecule has 1 aromatic carbocycles. The van der Waals surface area contributed by atoms with E-state index >= 15 is 0 Å². The molecule has 0 fully saturated rings. The predicted molar refractivity (Wildman–Crippen MR) is 58.6 cm³/mol. The molecular weight excluding hydrogens is 184 g/mol. The van der Waals surface area contributed by atoms with E-state index in [0.717, 1.165) is 16.9 Å². The Labute approximate surface area is 83.5 Å². The summed E-state index contributed by atoms with van der Waals surface area (Å²) in [6.07, 6.45) is 5.66. The quantitative estimate of drug-likeness (QED) is 0.666. The number of rotatable bonds is 0. The van der Waals surface area contributed by atoms with Gasteiger partial charge in [-0.25, -0.2) is 0 Å². The van der Waals surface area contributed by atoms with Crippen LogP contribution in [0.1, 0.15) is 5.56 Å². The minimum atomic E-state index is 0. The normalized spacial score (nSPS) is 13.1. The Hall–Kier alpha value is -1.41. The molecular formula is C10H11ClN2. The molecule has 2 nitrogen and oxygen atoms in total. The van der Waals surface area contributed by atoms with Crippen LogP contribution in [0.25, 0.3) is 5.70 Å². The lowest BCUT2D eigenvalue weighted by Gasteiger charge is -2.06. The van der Waals surface area contributed by atoms with E-state index in [2.05, 4.69) is 5.32 Å². The van der Waals surface area contributed by atoms with E-state index in [4.69, 9.17) is 5.73 Å². The first-order chi connectivity index (χ1) is 5.88. The lowest BCUT2D eigenvalue weighted by molar-refractivity contribution is 1.50. The van der Waals surface area contributed by atoms with Crippen molar-refractivity contribution < 1.29 is 0 Å². The molecule has 2 rings (SSSR count). The second-order valence-electron chi connectivity index (χ2n) is 2.67. The number of nitrogens with one attached hydrogen (secondary N) is 1. The Morgan fingerprint density at radius 2 is 1.92 bits per heavy atom. The van der Waals surface area contributed by atoms with Gasteiger partial charge in [0.2, 0.25) is 0 Å². The standard InChI is InChI=1S/C10H10N2.ClH/c11-9-5-3-7-12-10-6-2-1-4-8(9)10;/h1-7,12H,11H2;1H. The highest BCUT2D eigenvalue weighted by Crippen LogP contribution is 2.21. The van der Waals surface area contributed by atoms with Crippen molar-refractivity contribution in [1.29, 1.82) is 0 Å². The summed E-state index contributed by atoms with van der Waals surface area (Å²) in [4.78, 5) is 0. The van der Waals surface area contributed by atoms with Crippen LogP contribution in [0, 0.1) is 0 Å². The highest BCUT2D eigenvalue weighted by molar-refractivity contribution is 5.85. The van der Waals surface area contributed by atoms with Crippen LogP contribution >= 0.6 is 12.4 Å². The van der Waals surface area contributed by atoms with Gasteiger partial charge in [0, 0.05) is 23.1 Å². The fraction of sp³-hybridized carbons (Fsp3) is 0. The summed E-state index contributed by atoms with van der Waals surface area (Å²) in [5.41, 5.74) is 8.73. The molecule has 3 heteroatoms. The molecule has 0 saturated carbocycles. The topological polar surface area (TPSA) is 38.0 Å². The Morgan fingerprint density at radius 1 is 1.15 bits per heavy atom. The maximum absolute atomic E-state index is 5.82. The molecule has 0 unspecified atom stereocenters. The number of hydrogen-bond donors (Lipinski definition) is 2. The zero-order valence-electron chi connectivity index (χ0n) is 7.03. The monoisotopic (exact) mass is 194 g/mol. The molecule has 68 valence electrons. The number of allylic oxidation sites excluding steroid dienone is 2. The van der Waals surface area contributed by atoms with E-state index < -0.39 is 0 Å². The smallest absolute Gasteiger partial charge is 0.0474 e. The van der Waals surface area contributed by atoms with Crippen molar-refractivity contribution in [2.24, 2.45) is 5.73 Å². The molecule has 1 aliphatic rings. The van der Waals surface area contributed by atoms with Crippen molar-refractivity contribution in [1.82, 2.24) is 0 Å². The zero-order valence-corrected chi connectivity index (χ0v) is 7.84. The summed E-state index contributed by atoms with van der Waals surface area (Å²) in [5, 5.41) is 3.14. The van der Waals surface area contributed by atoms with Crippen molar-refractivity contribution >= 4 is 23.8 Å². The lowest BCUT2D eigenvalue weighted by Crippen LogP contribution is -1.97. The van der Waals surface area contributed by atoms with Crippen LogP contribution in [0.2, 0.25) is 0 Å². The molecule has 0 atom stereocenters. The number of nitrogens with two attached hydrogens (primary N) is 1. The molecule has 0 radical (unpaired) electrons. The molecule has 1 aromatic rings. The molecule has 0 aromatic heterocycles. The minimum Gasteiger partial charge on any atom is -0.398 e. The second-order valence-corrected chi connectivity index (χ2v) is 2.67. The van der Waals surface area contributed by atoms with Gasteiger partial charge in [-0.05, 0) is 18.2 Å². The largest absolute Gasteiger partial charge is 0.398 e. The van der Waals surface area contributed by atoms with Crippen LogP contribution in [0.5, 0.6) is 0 Å². The number of benzene rings is 1. The van der Waals surface area contributed by atoms with Gasteiger partial charge < -0.3 is 11.1 Å². The van der Waals surface area contributed by atoms with E-state index in [-0.39, 0.29) is 12.4 Å². The summed E-state index contributed by atoms with van der Waals surface area (Å²) in [6.45, 7) is 0. The van der Waals surface area contributed by atoms with E-state index in [1.54, 1.807) is 0 Å². The molecule has 13 heavy (non-hydrogen) atoms. The molecule has 0 spiro atoms. The first kappa shape index (κ1) is 9.68. The highest BCUT2D eigenvalue weighted by Gasteiger charge is 2.03. The molecule has 3 N–H and O–H groups in total. The highest BCUT2D eigenvalue weighted by atomic mass is 35.5. The minimum absolute atomic E-state index is 0. The molecule has 0 bridgehead atoms. The molecule has 0 saturated heterocycles. The summed E-state index contributed by atoms with van der Waals surface area (Å²) >= 11 is 0. The van der Waals surface area contributed by atoms with Crippen LogP contribution in [0.4, 0.5) is 5.69 Å². The Bertz CT molecular complexity index is 356. The second kappa shape index (κ2) is 4.01. The Balaban J connectivity index is 0.000000845. The van der Waals surface area contributed by atoms with Crippen LogP contribution in [-0.4, -0.2) is 0 Å². The number of anilines is 1. The Morgan fingerprint density at radius 3 is 2.77 bits per heavy atom. The Kier molecular flexibility index (Phi) is 2.98. The molecule has 0 amide bonds. The molecule has 1 aliphatic heterocycles. The average Bonchev–Trinajstić information content (AvgIpc) is 2.29. The zero-order chi connectivity index (χ0) is 8.39. The maximum atomic E-state index is 5.82. The van der Waals surface area contributed by atoms with Crippen molar-refractivity contribution in [2.45, 2.75) is 0 Å². The van der Waals surface area contributed by atoms with Gasteiger partial charge in [-0.15, -0.1) is 12.4 Å². The van der Waals surface area contributed by atoms with Gasteiger partial charge in [-0.1, -0.05) is 18.2 Å². The third-order valence-corrected chi connectivity index (χ3v) is 1.85. The van der Waals surface area contributed by atoms with Gasteiger partial charge >= 0.3 is 0 Å². The fourth-order valence-electron chi connectivity index (χ4n) is 1.24. The third-order valence-electron chi connectivity index (χ3n) is 1.85. The molecule has 1 heterocycles. The predicted octanol–water partition coefficient (Wildman–Crippen LogP) is 2.35. The molecule has 0 aliphatic carbocycles. The summed E-state index contributed by atoms with van der Waals surface area (Å²) in [5.74, 6) is 0. The number of fused-ring (bicyclic) bond motifs is 1. The third kappa shape index (κ3) is 1.84. The van der Waals surface area contributed by atoms with Crippen LogP contribution < -0.4 is 11.1 Å². The first-order valence-corrected chi connectivity index (χ1v) is 3.86. The summed E-state index contributed by atoms with van der Waals surface area (Å²) in [6, 6.07) is 7.97. The maximum Gasteiger partial charge on any atom is 0.0474 e. The number of halogens is 1. The van der Waals surface area contributed by atoms with Crippen LogP contribution in [0.3, 0.4) is 0 Å². The van der Waals surface area contributed by atoms with E-state index in [9.17, 15) is 0 Å². The van der Waals surface area contributed by atoms with E-state index in [1.807, 2.05) is 42.6 Å². The van der Waals surface area contributed by atoms with Gasteiger partial charge in [0.15, 0.2) is 0 Å². The number of para-hydroxylation sites is 1. The van der Waals surface area contributed by atoms with Gasteiger partial charge in [0.1, 0.15) is 0 Å².